The van der Waals surface area contributed by atoms with Gasteiger partial charge < -0.3 is 10.1 Å². The number of rotatable bonds is 4. The highest BCUT2D eigenvalue weighted by molar-refractivity contribution is 5.91. The third-order valence-corrected chi connectivity index (χ3v) is 4.00. The van der Waals surface area contributed by atoms with Crippen LogP contribution in [0.1, 0.15) is 6.42 Å². The molecule has 0 aliphatic carbocycles. The standard InChI is InChI=1S/C18H17F3N2O2/c19-13-1-2-17(23-18(24)25-10-11-3-4-22-9-11)16(8-13)12-5-14(20)7-15(21)6-12/h1-2,5-8,11,22H,3-4,9-10H2,(H,23,24). The number of hydrogen-bond acceptors (Lipinski definition) is 3. The van der Waals surface area contributed by atoms with Crippen molar-refractivity contribution in [3.05, 3.63) is 53.8 Å². The second kappa shape index (κ2) is 7.57. The number of ether oxygens (including phenoxy) is 1. The highest BCUT2D eigenvalue weighted by Gasteiger charge is 2.17. The molecular formula is C18H17F3N2O2. The first-order chi connectivity index (χ1) is 12.0. The average molecular weight is 350 g/mol. The van der Waals surface area contributed by atoms with Gasteiger partial charge in [0.25, 0.3) is 0 Å². The summed E-state index contributed by atoms with van der Waals surface area (Å²) in [6.45, 7) is 1.95. The zero-order valence-corrected chi connectivity index (χ0v) is 13.3. The van der Waals surface area contributed by atoms with Crippen molar-refractivity contribution in [1.82, 2.24) is 5.32 Å². The van der Waals surface area contributed by atoms with Crippen LogP contribution in [0.2, 0.25) is 0 Å². The van der Waals surface area contributed by atoms with Crippen molar-refractivity contribution in [2.45, 2.75) is 6.42 Å². The van der Waals surface area contributed by atoms with Crippen molar-refractivity contribution in [3.8, 4) is 11.1 Å². The number of hydrogen-bond donors (Lipinski definition) is 2. The summed E-state index contributed by atoms with van der Waals surface area (Å²) < 4.78 is 45.7. The second-order valence-electron chi connectivity index (χ2n) is 5.93. The Morgan fingerprint density at radius 1 is 1.12 bits per heavy atom. The molecule has 0 spiro atoms. The van der Waals surface area contributed by atoms with Gasteiger partial charge in [-0.15, -0.1) is 0 Å². The fourth-order valence-electron chi connectivity index (χ4n) is 2.77. The fourth-order valence-corrected chi connectivity index (χ4v) is 2.77. The summed E-state index contributed by atoms with van der Waals surface area (Å²) in [4.78, 5) is 12.0. The van der Waals surface area contributed by atoms with Crippen LogP contribution >= 0.6 is 0 Å². The molecule has 1 unspecified atom stereocenters. The van der Waals surface area contributed by atoms with Gasteiger partial charge in [0.05, 0.1) is 12.3 Å². The number of carbonyl (C=O) groups is 1. The van der Waals surface area contributed by atoms with Gasteiger partial charge in [-0.25, -0.2) is 18.0 Å². The molecule has 2 aromatic rings. The second-order valence-corrected chi connectivity index (χ2v) is 5.93. The Hall–Kier alpha value is -2.54. The molecule has 3 rings (SSSR count). The zero-order valence-electron chi connectivity index (χ0n) is 13.3. The van der Waals surface area contributed by atoms with Gasteiger partial charge in [-0.1, -0.05) is 0 Å². The molecule has 0 radical (unpaired) electrons. The van der Waals surface area contributed by atoms with Crippen LogP contribution in [0.3, 0.4) is 0 Å². The summed E-state index contributed by atoms with van der Waals surface area (Å²) in [5, 5.41) is 5.67. The minimum Gasteiger partial charge on any atom is -0.449 e. The molecule has 25 heavy (non-hydrogen) atoms. The maximum absolute atomic E-state index is 13.6. The van der Waals surface area contributed by atoms with Crippen molar-refractivity contribution in [2.75, 3.05) is 25.0 Å². The molecule has 2 aromatic carbocycles. The van der Waals surface area contributed by atoms with Crippen LogP contribution in [0.5, 0.6) is 0 Å². The highest BCUT2D eigenvalue weighted by Crippen LogP contribution is 2.30. The van der Waals surface area contributed by atoms with Crippen LogP contribution in [-0.2, 0) is 4.74 Å². The van der Waals surface area contributed by atoms with Crippen LogP contribution < -0.4 is 10.6 Å². The molecule has 1 aliphatic heterocycles. The number of amides is 1. The number of anilines is 1. The van der Waals surface area contributed by atoms with Gasteiger partial charge >= 0.3 is 6.09 Å². The van der Waals surface area contributed by atoms with E-state index in [0.29, 0.717) is 0 Å². The third kappa shape index (κ3) is 4.51. The number of benzene rings is 2. The van der Waals surface area contributed by atoms with Crippen LogP contribution in [0.4, 0.5) is 23.7 Å². The predicted molar refractivity (Wildman–Crippen MR) is 87.7 cm³/mol. The fraction of sp³-hybridized carbons (Fsp3) is 0.278. The lowest BCUT2D eigenvalue weighted by Crippen LogP contribution is -2.20. The molecule has 4 nitrogen and oxygen atoms in total. The van der Waals surface area contributed by atoms with E-state index >= 15 is 0 Å². The summed E-state index contributed by atoms with van der Waals surface area (Å²) in [6, 6.07) is 6.43. The Bertz CT molecular complexity index is 757. The summed E-state index contributed by atoms with van der Waals surface area (Å²) >= 11 is 0. The molecule has 1 aliphatic rings. The van der Waals surface area contributed by atoms with Gasteiger partial charge in [-0.05, 0) is 48.9 Å². The van der Waals surface area contributed by atoms with E-state index in [-0.39, 0.29) is 29.3 Å². The molecule has 1 atom stereocenters. The largest absolute Gasteiger partial charge is 0.449 e. The normalized spacial score (nSPS) is 16.7. The van der Waals surface area contributed by atoms with Crippen molar-refractivity contribution >= 4 is 11.8 Å². The topological polar surface area (TPSA) is 50.4 Å². The van der Waals surface area contributed by atoms with Crippen molar-refractivity contribution in [2.24, 2.45) is 5.92 Å². The van der Waals surface area contributed by atoms with Crippen molar-refractivity contribution in [3.63, 3.8) is 0 Å². The van der Waals surface area contributed by atoms with Crippen LogP contribution in [0, 0.1) is 23.4 Å². The molecule has 0 bridgehead atoms. The van der Waals surface area contributed by atoms with Crippen LogP contribution in [-0.4, -0.2) is 25.8 Å². The van der Waals surface area contributed by atoms with E-state index < -0.39 is 23.5 Å². The lowest BCUT2D eigenvalue weighted by molar-refractivity contribution is 0.144. The monoisotopic (exact) mass is 350 g/mol. The molecule has 0 aromatic heterocycles. The minimum atomic E-state index is -0.790. The van der Waals surface area contributed by atoms with Gasteiger partial charge in [0.1, 0.15) is 17.5 Å². The van der Waals surface area contributed by atoms with Crippen molar-refractivity contribution in [1.29, 1.82) is 0 Å². The van der Waals surface area contributed by atoms with E-state index in [4.69, 9.17) is 4.74 Å². The Morgan fingerprint density at radius 3 is 2.56 bits per heavy atom. The van der Waals surface area contributed by atoms with Gasteiger partial charge in [0, 0.05) is 24.1 Å². The number of nitrogens with one attached hydrogen (secondary N) is 2. The maximum atomic E-state index is 13.6. The summed E-state index contributed by atoms with van der Waals surface area (Å²) in [5.41, 5.74) is 0.492. The summed E-state index contributed by atoms with van der Waals surface area (Å²) in [7, 11) is 0. The lowest BCUT2D eigenvalue weighted by Gasteiger charge is -2.14. The van der Waals surface area contributed by atoms with Crippen LogP contribution in [0.25, 0.3) is 11.1 Å². The Morgan fingerprint density at radius 2 is 1.88 bits per heavy atom. The average Bonchev–Trinajstić information content (AvgIpc) is 3.07. The van der Waals surface area contributed by atoms with Crippen molar-refractivity contribution < 1.29 is 22.7 Å². The highest BCUT2D eigenvalue weighted by atomic mass is 19.1. The van der Waals surface area contributed by atoms with Gasteiger partial charge in [0.15, 0.2) is 0 Å². The Kier molecular flexibility index (Phi) is 5.23. The molecule has 7 heteroatoms. The van der Waals surface area contributed by atoms with Crippen LogP contribution in [0.15, 0.2) is 36.4 Å². The smallest absolute Gasteiger partial charge is 0.411 e. The quantitative estimate of drug-likeness (QED) is 0.878. The predicted octanol–water partition coefficient (Wildman–Crippen LogP) is 3.93. The van der Waals surface area contributed by atoms with E-state index in [1.807, 2.05) is 0 Å². The van der Waals surface area contributed by atoms with E-state index in [0.717, 1.165) is 49.8 Å². The van der Waals surface area contributed by atoms with Gasteiger partial charge in [0.2, 0.25) is 0 Å². The molecule has 1 saturated heterocycles. The molecule has 1 heterocycles. The molecule has 1 fully saturated rings. The molecule has 0 saturated carbocycles. The first-order valence-electron chi connectivity index (χ1n) is 7.92. The lowest BCUT2D eigenvalue weighted by atomic mass is 10.0. The number of carbonyl (C=O) groups excluding carboxylic acids is 1. The van der Waals surface area contributed by atoms with E-state index in [9.17, 15) is 18.0 Å². The zero-order chi connectivity index (χ0) is 17.8. The first-order valence-corrected chi connectivity index (χ1v) is 7.92. The molecule has 132 valence electrons. The van der Waals surface area contributed by atoms with E-state index in [2.05, 4.69) is 10.6 Å². The third-order valence-electron chi connectivity index (χ3n) is 4.00. The van der Waals surface area contributed by atoms with E-state index in [1.165, 1.54) is 6.07 Å². The van der Waals surface area contributed by atoms with E-state index in [1.54, 1.807) is 0 Å². The summed E-state index contributed by atoms with van der Waals surface area (Å²) in [5.74, 6) is -1.91. The minimum absolute atomic E-state index is 0.118. The Labute approximate surface area is 143 Å². The first kappa shape index (κ1) is 17.3. The number of halogens is 3. The SMILES string of the molecule is O=C(Nc1ccc(F)cc1-c1cc(F)cc(F)c1)OCC1CCNC1. The molecule has 1 amide bonds. The summed E-state index contributed by atoms with van der Waals surface area (Å²) in [6.07, 6.45) is 0.231. The maximum Gasteiger partial charge on any atom is 0.411 e. The van der Waals surface area contributed by atoms with Gasteiger partial charge in [-0.2, -0.15) is 0 Å². The molecular weight excluding hydrogens is 333 g/mol. The Balaban J connectivity index is 1.77. The molecule has 2 N–H and O–H groups in total. The van der Waals surface area contributed by atoms with Gasteiger partial charge in [-0.3, -0.25) is 5.32 Å².